The summed E-state index contributed by atoms with van der Waals surface area (Å²) in [4.78, 5) is 0. The minimum absolute atomic E-state index is 0.0114. The first-order valence-corrected chi connectivity index (χ1v) is 9.19. The van der Waals surface area contributed by atoms with Crippen molar-refractivity contribution in [3.63, 3.8) is 0 Å². The van der Waals surface area contributed by atoms with E-state index < -0.39 is 0 Å². The second kappa shape index (κ2) is 7.19. The normalized spacial score (nSPS) is 53.5. The van der Waals surface area contributed by atoms with E-state index in [1.807, 2.05) is 0 Å². The van der Waals surface area contributed by atoms with E-state index in [1.54, 1.807) is 0 Å². The van der Waals surface area contributed by atoms with Gasteiger partial charge in [-0.25, -0.2) is 0 Å². The molecule has 22 heavy (non-hydrogen) atoms. The molecule has 3 nitrogen and oxygen atoms in total. The van der Waals surface area contributed by atoms with Gasteiger partial charge in [-0.3, -0.25) is 0 Å². The van der Waals surface area contributed by atoms with Crippen molar-refractivity contribution in [1.82, 2.24) is 0 Å². The second-order valence-electron chi connectivity index (χ2n) is 8.14. The molecule has 0 aromatic rings. The maximum atomic E-state index is 9.62. The number of rotatable bonds is 3. The van der Waals surface area contributed by atoms with Crippen LogP contribution in [0.3, 0.4) is 0 Å². The lowest BCUT2D eigenvalue weighted by atomic mass is 9.69. The molecule has 2 fully saturated rings. The Morgan fingerprint density at radius 2 is 1.23 bits per heavy atom. The molecular weight excluding hydrogens is 276 g/mol. The Morgan fingerprint density at radius 3 is 1.82 bits per heavy atom. The summed E-state index contributed by atoms with van der Waals surface area (Å²) in [5, 5.41) is 9.62. The summed E-state index contributed by atoms with van der Waals surface area (Å²) in [6.07, 6.45) is 1.91. The van der Waals surface area contributed by atoms with E-state index in [0.717, 1.165) is 6.42 Å². The Hall–Kier alpha value is -0.120. The van der Waals surface area contributed by atoms with Crippen LogP contribution in [-0.2, 0) is 9.47 Å². The predicted octanol–water partition coefficient (Wildman–Crippen LogP) is 3.74. The number of hydrogen-bond acceptors (Lipinski definition) is 3. The van der Waals surface area contributed by atoms with Crippen LogP contribution >= 0.6 is 0 Å². The van der Waals surface area contributed by atoms with Gasteiger partial charge in [0.15, 0.2) is 0 Å². The summed E-state index contributed by atoms with van der Waals surface area (Å²) in [6.45, 7) is 16.0. The highest BCUT2D eigenvalue weighted by atomic mass is 16.5. The zero-order chi connectivity index (χ0) is 16.6. The minimum Gasteiger partial charge on any atom is -0.394 e. The van der Waals surface area contributed by atoms with Gasteiger partial charge in [0.1, 0.15) is 0 Å². The molecule has 1 N–H and O–H groups in total. The fourth-order valence-corrected chi connectivity index (χ4v) is 4.59. The lowest BCUT2D eigenvalue weighted by Crippen LogP contribution is -2.50. The molecule has 2 saturated heterocycles. The van der Waals surface area contributed by atoms with Gasteiger partial charge in [-0.05, 0) is 55.8 Å². The van der Waals surface area contributed by atoms with Crippen molar-refractivity contribution in [2.24, 2.45) is 35.5 Å². The molecule has 130 valence electrons. The molecule has 5 unspecified atom stereocenters. The first kappa shape index (κ1) is 18.2. The van der Waals surface area contributed by atoms with Crippen LogP contribution in [0.2, 0.25) is 0 Å². The van der Waals surface area contributed by atoms with Crippen LogP contribution in [-0.4, -0.2) is 36.1 Å². The molecule has 0 spiro atoms. The monoisotopic (exact) mass is 312 g/mol. The molecule has 2 heterocycles. The Morgan fingerprint density at radius 1 is 0.636 bits per heavy atom. The number of ether oxygens (including phenoxy) is 2. The van der Waals surface area contributed by atoms with Crippen molar-refractivity contribution in [3.8, 4) is 0 Å². The molecule has 0 saturated carbocycles. The maximum absolute atomic E-state index is 9.62. The summed E-state index contributed by atoms with van der Waals surface area (Å²) in [5.41, 5.74) is 0. The van der Waals surface area contributed by atoms with Crippen LogP contribution in [0.5, 0.6) is 0 Å². The van der Waals surface area contributed by atoms with Crippen LogP contribution in [0.1, 0.15) is 54.9 Å². The molecule has 2 aliphatic rings. The van der Waals surface area contributed by atoms with Crippen LogP contribution in [0.4, 0.5) is 0 Å². The van der Waals surface area contributed by atoms with E-state index in [2.05, 4.69) is 48.5 Å². The second-order valence-corrected chi connectivity index (χ2v) is 8.14. The number of aliphatic hydroxyl groups excluding tert-OH is 1. The van der Waals surface area contributed by atoms with Gasteiger partial charge >= 0.3 is 0 Å². The van der Waals surface area contributed by atoms with Crippen LogP contribution in [0, 0.1) is 35.5 Å². The first-order chi connectivity index (χ1) is 10.3. The molecule has 2 rings (SSSR count). The zero-order valence-corrected chi connectivity index (χ0v) is 15.5. The largest absolute Gasteiger partial charge is 0.394 e. The first-order valence-electron chi connectivity index (χ1n) is 9.19. The maximum Gasteiger partial charge on any atom is 0.0837 e. The molecule has 3 heteroatoms. The average molecular weight is 312 g/mol. The Labute approximate surface area is 136 Å². The summed E-state index contributed by atoms with van der Waals surface area (Å²) in [6, 6.07) is 0. The fourth-order valence-electron chi connectivity index (χ4n) is 4.59. The van der Waals surface area contributed by atoms with E-state index in [9.17, 15) is 5.11 Å². The molecule has 0 amide bonds. The lowest BCUT2D eigenvalue weighted by Gasteiger charge is -2.48. The molecule has 0 aliphatic carbocycles. The lowest BCUT2D eigenvalue weighted by molar-refractivity contribution is -0.177. The standard InChI is InChI=1S/C19H36O3/c1-10-13(4)18(22-19(9-20)14(10)5)8-17-12(3)11(2)15(6)21-16(17)7/h10-20H,8-9H2,1-7H3/t10-,11?,12-,13?,14-,15?,16?,17-,18+,19?/m1/s1. The van der Waals surface area contributed by atoms with Gasteiger partial charge in [0.2, 0.25) is 0 Å². The quantitative estimate of drug-likeness (QED) is 0.863. The summed E-state index contributed by atoms with van der Waals surface area (Å²) in [7, 11) is 0. The molecular formula is C19H36O3. The Balaban J connectivity index is 2.08. The molecule has 0 aromatic carbocycles. The highest BCUT2D eigenvalue weighted by Crippen LogP contribution is 2.42. The molecule has 0 bridgehead atoms. The van der Waals surface area contributed by atoms with E-state index in [0.29, 0.717) is 47.7 Å². The summed E-state index contributed by atoms with van der Waals surface area (Å²) in [5.74, 6) is 3.32. The van der Waals surface area contributed by atoms with Crippen LogP contribution in [0.25, 0.3) is 0 Å². The molecule has 10 atom stereocenters. The third-order valence-electron chi connectivity index (χ3n) is 7.14. The van der Waals surface area contributed by atoms with Gasteiger partial charge in [-0.2, -0.15) is 0 Å². The van der Waals surface area contributed by atoms with Crippen molar-refractivity contribution in [3.05, 3.63) is 0 Å². The number of aliphatic hydroxyl groups is 1. The van der Waals surface area contributed by atoms with Gasteiger partial charge in [0, 0.05) is 0 Å². The topological polar surface area (TPSA) is 38.7 Å². The van der Waals surface area contributed by atoms with E-state index in [1.165, 1.54) is 0 Å². The van der Waals surface area contributed by atoms with Gasteiger partial charge in [-0.15, -0.1) is 0 Å². The van der Waals surface area contributed by atoms with Crippen molar-refractivity contribution < 1.29 is 14.6 Å². The smallest absolute Gasteiger partial charge is 0.0837 e. The van der Waals surface area contributed by atoms with Gasteiger partial charge < -0.3 is 14.6 Å². The molecule has 0 aromatic heterocycles. The van der Waals surface area contributed by atoms with E-state index >= 15 is 0 Å². The van der Waals surface area contributed by atoms with E-state index in [4.69, 9.17) is 9.47 Å². The Bertz CT molecular complexity index is 357. The molecule has 0 radical (unpaired) electrons. The highest BCUT2D eigenvalue weighted by Gasteiger charge is 2.43. The van der Waals surface area contributed by atoms with E-state index in [-0.39, 0.29) is 18.8 Å². The van der Waals surface area contributed by atoms with Gasteiger partial charge in [-0.1, -0.05) is 34.6 Å². The summed E-state index contributed by atoms with van der Waals surface area (Å²) >= 11 is 0. The van der Waals surface area contributed by atoms with Gasteiger partial charge in [0.05, 0.1) is 31.0 Å². The zero-order valence-electron chi connectivity index (χ0n) is 15.5. The number of hydrogen-bond donors (Lipinski definition) is 1. The van der Waals surface area contributed by atoms with Crippen molar-refractivity contribution in [2.45, 2.75) is 79.3 Å². The highest BCUT2D eigenvalue weighted by molar-refractivity contribution is 4.91. The van der Waals surface area contributed by atoms with Crippen molar-refractivity contribution >= 4 is 0 Å². The average Bonchev–Trinajstić information content (AvgIpc) is 2.49. The van der Waals surface area contributed by atoms with Crippen LogP contribution in [0.15, 0.2) is 0 Å². The minimum atomic E-state index is -0.0114. The Kier molecular flexibility index (Phi) is 5.95. The third kappa shape index (κ3) is 3.37. The van der Waals surface area contributed by atoms with Crippen molar-refractivity contribution in [1.29, 1.82) is 0 Å². The fraction of sp³-hybridized carbons (Fsp3) is 1.00. The van der Waals surface area contributed by atoms with Crippen molar-refractivity contribution in [2.75, 3.05) is 6.61 Å². The van der Waals surface area contributed by atoms with Gasteiger partial charge in [0.25, 0.3) is 0 Å². The molecule has 2 aliphatic heterocycles. The predicted molar refractivity (Wildman–Crippen MR) is 89.7 cm³/mol. The third-order valence-corrected chi connectivity index (χ3v) is 7.14. The van der Waals surface area contributed by atoms with Crippen LogP contribution < -0.4 is 0 Å². The summed E-state index contributed by atoms with van der Waals surface area (Å²) < 4.78 is 12.4. The SMILES string of the molecule is CC1OC(C)[C@H](C[C@@H]2OC(CO)[C@H](C)[C@H](C)C2C)[C@H](C)C1C.